The normalized spacial score (nSPS) is 44.6. The van der Waals surface area contributed by atoms with Crippen molar-refractivity contribution >= 4 is 17.5 Å². The van der Waals surface area contributed by atoms with Gasteiger partial charge in [0.15, 0.2) is 0 Å². The molecule has 0 saturated carbocycles. The first kappa shape index (κ1) is 14.4. The maximum atomic E-state index is 12.2. The first-order chi connectivity index (χ1) is 9.55. The van der Waals surface area contributed by atoms with Crippen LogP contribution in [0.5, 0.6) is 0 Å². The maximum Gasteiger partial charge on any atom is 0.226 e. The van der Waals surface area contributed by atoms with E-state index >= 15 is 0 Å². The van der Waals surface area contributed by atoms with Crippen LogP contribution in [0.3, 0.4) is 0 Å². The molecule has 0 radical (unpaired) electrons. The van der Waals surface area contributed by atoms with E-state index in [9.17, 15) is 9.90 Å². The average Bonchev–Trinajstić information content (AvgIpc) is 2.61. The Balaban J connectivity index is 1.86. The van der Waals surface area contributed by atoms with Gasteiger partial charge in [0.25, 0.3) is 0 Å². The summed E-state index contributed by atoms with van der Waals surface area (Å²) in [4.78, 5) is 12.2. The van der Waals surface area contributed by atoms with Gasteiger partial charge in [0, 0.05) is 11.8 Å². The highest BCUT2D eigenvalue weighted by molar-refractivity contribution is 6.18. The Morgan fingerprint density at radius 3 is 3.00 bits per heavy atom. The number of fused-ring (bicyclic) bond motifs is 1. The van der Waals surface area contributed by atoms with E-state index in [1.165, 1.54) is 0 Å². The van der Waals surface area contributed by atoms with Gasteiger partial charge in [-0.2, -0.15) is 0 Å². The van der Waals surface area contributed by atoms with E-state index in [0.29, 0.717) is 18.9 Å². The van der Waals surface area contributed by atoms with Gasteiger partial charge in [-0.25, -0.2) is 0 Å². The van der Waals surface area contributed by atoms with Gasteiger partial charge < -0.3 is 15.2 Å². The summed E-state index contributed by atoms with van der Waals surface area (Å²) in [5.41, 5.74) is -1.28. The molecule has 0 aromatic rings. The minimum absolute atomic E-state index is 0.0375. The lowest BCUT2D eigenvalue weighted by Crippen LogP contribution is -2.77. The SMILES string of the molecule is C[C@@]12OCC1([C@@H](O)C1C=CCCC1)NC(=O)C2CCCl. The molecule has 2 saturated heterocycles. The summed E-state index contributed by atoms with van der Waals surface area (Å²) in [6, 6.07) is 0. The summed E-state index contributed by atoms with van der Waals surface area (Å²) < 4.78 is 5.77. The number of ether oxygens (including phenoxy) is 1. The molecule has 20 heavy (non-hydrogen) atoms. The molecule has 0 aromatic heterocycles. The molecule has 0 bridgehead atoms. The fraction of sp³-hybridized carbons (Fsp3) is 0.800. The molecular formula is C15H22ClNO3. The van der Waals surface area contributed by atoms with Crippen LogP contribution in [0.15, 0.2) is 12.2 Å². The number of hydrogen-bond acceptors (Lipinski definition) is 3. The molecular weight excluding hydrogens is 278 g/mol. The minimum Gasteiger partial charge on any atom is -0.390 e. The Kier molecular flexibility index (Phi) is 3.59. The van der Waals surface area contributed by atoms with E-state index in [1.807, 2.05) is 6.92 Å². The number of aliphatic hydroxyl groups is 1. The average molecular weight is 300 g/mol. The fourth-order valence-electron chi connectivity index (χ4n) is 4.02. The Hall–Kier alpha value is -0.580. The predicted octanol–water partition coefficient (Wildman–Crippen LogP) is 1.61. The van der Waals surface area contributed by atoms with Gasteiger partial charge in [0.2, 0.25) is 5.91 Å². The third kappa shape index (κ3) is 1.78. The highest BCUT2D eigenvalue weighted by Gasteiger charge is 2.72. The topological polar surface area (TPSA) is 58.6 Å². The number of hydrogen-bond donors (Lipinski definition) is 2. The summed E-state index contributed by atoms with van der Waals surface area (Å²) in [6.45, 7) is 2.32. The van der Waals surface area contributed by atoms with Gasteiger partial charge in [0.05, 0.1) is 18.6 Å². The Morgan fingerprint density at radius 1 is 1.65 bits per heavy atom. The third-order valence-electron chi connectivity index (χ3n) is 5.41. The third-order valence-corrected chi connectivity index (χ3v) is 5.63. The molecule has 3 rings (SSSR count). The number of amides is 1. The maximum absolute atomic E-state index is 12.2. The van der Waals surface area contributed by atoms with Crippen molar-refractivity contribution < 1.29 is 14.6 Å². The lowest BCUT2D eigenvalue weighted by Gasteiger charge is -2.57. The number of aliphatic hydroxyl groups excluding tert-OH is 1. The largest absolute Gasteiger partial charge is 0.390 e. The summed E-state index contributed by atoms with van der Waals surface area (Å²) in [7, 11) is 0. The molecule has 1 aliphatic carbocycles. The van der Waals surface area contributed by atoms with Crippen LogP contribution in [-0.4, -0.2) is 40.7 Å². The van der Waals surface area contributed by atoms with E-state index in [4.69, 9.17) is 16.3 Å². The smallest absolute Gasteiger partial charge is 0.226 e. The molecule has 2 heterocycles. The highest BCUT2D eigenvalue weighted by Crippen LogP contribution is 2.52. The molecule has 1 amide bonds. The quantitative estimate of drug-likeness (QED) is 0.612. The van der Waals surface area contributed by atoms with Crippen molar-refractivity contribution in [1.29, 1.82) is 0 Å². The van der Waals surface area contributed by atoms with E-state index in [-0.39, 0.29) is 17.7 Å². The van der Waals surface area contributed by atoms with Crippen molar-refractivity contribution in [3.05, 3.63) is 12.2 Å². The molecule has 2 aliphatic heterocycles. The zero-order chi connectivity index (χ0) is 14.4. The van der Waals surface area contributed by atoms with Crippen LogP contribution in [0.1, 0.15) is 32.6 Å². The molecule has 112 valence electrons. The molecule has 3 aliphatic rings. The Morgan fingerprint density at radius 2 is 2.45 bits per heavy atom. The Labute approximate surface area is 124 Å². The van der Waals surface area contributed by atoms with Crippen molar-refractivity contribution in [3.63, 3.8) is 0 Å². The van der Waals surface area contributed by atoms with Crippen molar-refractivity contribution in [2.45, 2.75) is 49.9 Å². The van der Waals surface area contributed by atoms with Gasteiger partial charge in [-0.15, -0.1) is 11.6 Å². The minimum atomic E-state index is -0.646. The summed E-state index contributed by atoms with van der Waals surface area (Å²) >= 11 is 5.81. The van der Waals surface area contributed by atoms with E-state index in [0.717, 1.165) is 19.3 Å². The molecule has 2 N–H and O–H groups in total. The number of nitrogens with one attached hydrogen (secondary N) is 1. The lowest BCUT2D eigenvalue weighted by molar-refractivity contribution is -0.254. The van der Waals surface area contributed by atoms with Gasteiger partial charge in [-0.1, -0.05) is 12.2 Å². The van der Waals surface area contributed by atoms with Crippen LogP contribution in [-0.2, 0) is 9.53 Å². The number of rotatable bonds is 4. The second-order valence-corrected chi connectivity index (χ2v) is 6.73. The number of alkyl halides is 1. The number of carbonyl (C=O) groups is 1. The number of allylic oxidation sites excluding steroid dienone is 1. The Bertz CT molecular complexity index is 441. The monoisotopic (exact) mass is 299 g/mol. The van der Waals surface area contributed by atoms with Crippen molar-refractivity contribution in [3.8, 4) is 0 Å². The van der Waals surface area contributed by atoms with E-state index in [1.54, 1.807) is 0 Å². The standard InChI is InChI=1S/C15H22ClNO3/c1-14-11(7-8-16)13(19)17-15(14,9-20-14)12(18)10-5-3-2-4-6-10/h3,5,10-12,18H,2,4,6-9H2,1H3,(H,17,19)/t10?,11?,12-,14-,15?/m0/s1. The molecule has 4 nitrogen and oxygen atoms in total. The second kappa shape index (κ2) is 5.00. The zero-order valence-electron chi connectivity index (χ0n) is 11.8. The van der Waals surface area contributed by atoms with Gasteiger partial charge >= 0.3 is 0 Å². The summed E-state index contributed by atoms with van der Waals surface area (Å²) in [5, 5.41) is 13.9. The molecule has 2 fully saturated rings. The molecule has 0 aromatic carbocycles. The van der Waals surface area contributed by atoms with Gasteiger partial charge in [0.1, 0.15) is 11.1 Å². The van der Waals surface area contributed by atoms with Crippen LogP contribution in [0.4, 0.5) is 0 Å². The molecule has 5 heteroatoms. The number of halogens is 1. The fourth-order valence-corrected chi connectivity index (χ4v) is 4.24. The van der Waals surface area contributed by atoms with E-state index < -0.39 is 17.2 Å². The summed E-state index contributed by atoms with van der Waals surface area (Å²) in [6.07, 6.45) is 7.32. The van der Waals surface area contributed by atoms with Crippen LogP contribution < -0.4 is 5.32 Å². The number of carbonyl (C=O) groups excluding carboxylic acids is 1. The molecule has 5 atom stereocenters. The van der Waals surface area contributed by atoms with Crippen LogP contribution in [0.25, 0.3) is 0 Å². The molecule has 3 unspecified atom stereocenters. The zero-order valence-corrected chi connectivity index (χ0v) is 12.5. The van der Waals surface area contributed by atoms with Crippen LogP contribution >= 0.6 is 11.6 Å². The van der Waals surface area contributed by atoms with Gasteiger partial charge in [-0.3, -0.25) is 4.79 Å². The first-order valence-electron chi connectivity index (χ1n) is 7.42. The summed E-state index contributed by atoms with van der Waals surface area (Å²) in [5.74, 6) is 0.217. The van der Waals surface area contributed by atoms with Crippen LogP contribution in [0.2, 0.25) is 0 Å². The molecule has 0 spiro atoms. The van der Waals surface area contributed by atoms with Crippen molar-refractivity contribution in [1.82, 2.24) is 5.32 Å². The van der Waals surface area contributed by atoms with Gasteiger partial charge in [-0.05, 0) is 32.6 Å². The highest BCUT2D eigenvalue weighted by atomic mass is 35.5. The lowest BCUT2D eigenvalue weighted by atomic mass is 9.65. The van der Waals surface area contributed by atoms with Crippen molar-refractivity contribution in [2.75, 3.05) is 12.5 Å². The van der Waals surface area contributed by atoms with Crippen LogP contribution in [0, 0.1) is 11.8 Å². The predicted molar refractivity (Wildman–Crippen MR) is 76.5 cm³/mol. The van der Waals surface area contributed by atoms with Crippen molar-refractivity contribution in [2.24, 2.45) is 11.8 Å². The van der Waals surface area contributed by atoms with E-state index in [2.05, 4.69) is 17.5 Å². The first-order valence-corrected chi connectivity index (χ1v) is 7.95. The second-order valence-electron chi connectivity index (χ2n) is 6.35.